The van der Waals surface area contributed by atoms with Crippen LogP contribution in [0.1, 0.15) is 18.4 Å². The first-order valence-electron chi connectivity index (χ1n) is 4.73. The fraction of sp³-hybridized carbons (Fsp3) is 0.333. The molecular formula is C12H16O. The van der Waals surface area contributed by atoms with Gasteiger partial charge in [0.1, 0.15) is 0 Å². The maximum atomic E-state index is 8.53. The van der Waals surface area contributed by atoms with Crippen molar-refractivity contribution in [3.05, 3.63) is 48.0 Å². The van der Waals surface area contributed by atoms with Crippen LogP contribution in [0.15, 0.2) is 42.5 Å². The highest BCUT2D eigenvalue weighted by Crippen LogP contribution is 2.02. The summed E-state index contributed by atoms with van der Waals surface area (Å²) in [5.74, 6) is 0. The van der Waals surface area contributed by atoms with Gasteiger partial charge in [-0.05, 0) is 24.8 Å². The first kappa shape index (κ1) is 10.0. The largest absolute Gasteiger partial charge is 0.396 e. The van der Waals surface area contributed by atoms with E-state index < -0.39 is 0 Å². The molecule has 0 aliphatic rings. The standard InChI is InChI=1S/C12H16O/c13-11-7-2-1-4-8-12-9-5-3-6-10-12/h1-3,5-6,9-10,13H,4,7-8,11H2/b2-1-. The van der Waals surface area contributed by atoms with Gasteiger partial charge in [-0.2, -0.15) is 0 Å². The minimum atomic E-state index is 0.252. The highest BCUT2D eigenvalue weighted by molar-refractivity contribution is 5.15. The molecule has 0 radical (unpaired) electrons. The first-order valence-corrected chi connectivity index (χ1v) is 4.73. The summed E-state index contributed by atoms with van der Waals surface area (Å²) in [4.78, 5) is 0. The highest BCUT2D eigenvalue weighted by Gasteiger charge is 1.87. The molecule has 0 heterocycles. The number of hydrogen-bond donors (Lipinski definition) is 1. The summed E-state index contributed by atoms with van der Waals surface area (Å²) >= 11 is 0. The third-order valence-corrected chi connectivity index (χ3v) is 1.90. The second-order valence-electron chi connectivity index (χ2n) is 3.01. The molecule has 0 saturated carbocycles. The molecule has 0 amide bonds. The number of rotatable bonds is 5. The fourth-order valence-corrected chi connectivity index (χ4v) is 1.20. The SMILES string of the molecule is OCC/C=C\CCc1ccccc1. The van der Waals surface area contributed by atoms with Gasteiger partial charge in [0.15, 0.2) is 0 Å². The van der Waals surface area contributed by atoms with E-state index in [0.29, 0.717) is 0 Å². The van der Waals surface area contributed by atoms with Crippen molar-refractivity contribution < 1.29 is 5.11 Å². The molecule has 0 aliphatic heterocycles. The topological polar surface area (TPSA) is 20.2 Å². The van der Waals surface area contributed by atoms with Crippen molar-refractivity contribution in [3.63, 3.8) is 0 Å². The molecule has 0 aliphatic carbocycles. The third-order valence-electron chi connectivity index (χ3n) is 1.90. The van der Waals surface area contributed by atoms with E-state index in [0.717, 1.165) is 19.3 Å². The number of aliphatic hydroxyl groups is 1. The summed E-state index contributed by atoms with van der Waals surface area (Å²) in [7, 11) is 0. The zero-order valence-electron chi connectivity index (χ0n) is 7.82. The van der Waals surface area contributed by atoms with Crippen LogP contribution < -0.4 is 0 Å². The minimum Gasteiger partial charge on any atom is -0.396 e. The van der Waals surface area contributed by atoms with Crippen molar-refractivity contribution in [1.29, 1.82) is 0 Å². The Kier molecular flexibility index (Phi) is 4.95. The molecule has 1 heteroatoms. The summed E-state index contributed by atoms with van der Waals surface area (Å²) in [5, 5.41) is 8.53. The van der Waals surface area contributed by atoms with Crippen LogP contribution in [0.3, 0.4) is 0 Å². The van der Waals surface area contributed by atoms with Crippen molar-refractivity contribution in [3.8, 4) is 0 Å². The molecule has 0 bridgehead atoms. The Bertz CT molecular complexity index is 239. The fourth-order valence-electron chi connectivity index (χ4n) is 1.20. The Morgan fingerprint density at radius 3 is 2.38 bits per heavy atom. The predicted octanol–water partition coefficient (Wildman–Crippen LogP) is 2.56. The van der Waals surface area contributed by atoms with Crippen LogP contribution in [0.25, 0.3) is 0 Å². The van der Waals surface area contributed by atoms with Gasteiger partial charge < -0.3 is 5.11 Å². The molecule has 0 unspecified atom stereocenters. The lowest BCUT2D eigenvalue weighted by molar-refractivity contribution is 0.302. The Morgan fingerprint density at radius 1 is 1.00 bits per heavy atom. The Hall–Kier alpha value is -1.08. The van der Waals surface area contributed by atoms with Gasteiger partial charge >= 0.3 is 0 Å². The van der Waals surface area contributed by atoms with E-state index in [1.807, 2.05) is 12.1 Å². The van der Waals surface area contributed by atoms with E-state index in [9.17, 15) is 0 Å². The van der Waals surface area contributed by atoms with Gasteiger partial charge in [-0.25, -0.2) is 0 Å². The smallest absolute Gasteiger partial charge is 0.0465 e. The van der Waals surface area contributed by atoms with E-state index >= 15 is 0 Å². The molecule has 1 aromatic carbocycles. The van der Waals surface area contributed by atoms with Gasteiger partial charge in [-0.15, -0.1) is 0 Å². The monoisotopic (exact) mass is 176 g/mol. The van der Waals surface area contributed by atoms with Crippen LogP contribution in [0.2, 0.25) is 0 Å². The van der Waals surface area contributed by atoms with Gasteiger partial charge in [-0.1, -0.05) is 42.5 Å². The first-order chi connectivity index (χ1) is 6.43. The van der Waals surface area contributed by atoms with Crippen LogP contribution >= 0.6 is 0 Å². The zero-order chi connectivity index (χ0) is 9.36. The van der Waals surface area contributed by atoms with E-state index in [2.05, 4.69) is 30.3 Å². The van der Waals surface area contributed by atoms with E-state index in [1.54, 1.807) is 0 Å². The molecule has 0 aromatic heterocycles. The van der Waals surface area contributed by atoms with Gasteiger partial charge in [0.05, 0.1) is 0 Å². The summed E-state index contributed by atoms with van der Waals surface area (Å²) in [6.45, 7) is 0.252. The molecule has 0 atom stereocenters. The average Bonchev–Trinajstić information content (AvgIpc) is 2.19. The minimum absolute atomic E-state index is 0.252. The molecule has 0 saturated heterocycles. The van der Waals surface area contributed by atoms with Crippen LogP contribution in [0.4, 0.5) is 0 Å². The van der Waals surface area contributed by atoms with Gasteiger partial charge in [0.2, 0.25) is 0 Å². The summed E-state index contributed by atoms with van der Waals surface area (Å²) in [6, 6.07) is 10.4. The van der Waals surface area contributed by atoms with Crippen LogP contribution in [-0.4, -0.2) is 11.7 Å². The number of allylic oxidation sites excluding steroid dienone is 1. The van der Waals surface area contributed by atoms with Crippen molar-refractivity contribution in [2.45, 2.75) is 19.3 Å². The lowest BCUT2D eigenvalue weighted by Gasteiger charge is -1.95. The van der Waals surface area contributed by atoms with E-state index in [4.69, 9.17) is 5.11 Å². The molecule has 70 valence electrons. The maximum Gasteiger partial charge on any atom is 0.0465 e. The molecule has 0 spiro atoms. The van der Waals surface area contributed by atoms with Crippen molar-refractivity contribution in [2.24, 2.45) is 0 Å². The molecule has 0 fully saturated rings. The lowest BCUT2D eigenvalue weighted by atomic mass is 10.1. The van der Waals surface area contributed by atoms with Gasteiger partial charge in [-0.3, -0.25) is 0 Å². The molecule has 1 rings (SSSR count). The van der Waals surface area contributed by atoms with Crippen LogP contribution in [-0.2, 0) is 6.42 Å². The molecule has 1 N–H and O–H groups in total. The van der Waals surface area contributed by atoms with Crippen molar-refractivity contribution in [2.75, 3.05) is 6.61 Å². The van der Waals surface area contributed by atoms with E-state index in [-0.39, 0.29) is 6.61 Å². The molecule has 13 heavy (non-hydrogen) atoms. The van der Waals surface area contributed by atoms with Gasteiger partial charge in [0, 0.05) is 6.61 Å². The van der Waals surface area contributed by atoms with Crippen molar-refractivity contribution >= 4 is 0 Å². The zero-order valence-corrected chi connectivity index (χ0v) is 7.82. The Balaban J connectivity index is 2.20. The molecule has 1 nitrogen and oxygen atoms in total. The Morgan fingerprint density at radius 2 is 1.69 bits per heavy atom. The van der Waals surface area contributed by atoms with Crippen LogP contribution in [0, 0.1) is 0 Å². The molecule has 1 aromatic rings. The predicted molar refractivity (Wildman–Crippen MR) is 55.6 cm³/mol. The van der Waals surface area contributed by atoms with Gasteiger partial charge in [0.25, 0.3) is 0 Å². The number of aryl methyl sites for hydroxylation is 1. The summed E-state index contributed by atoms with van der Waals surface area (Å²) in [6.07, 6.45) is 7.08. The highest BCUT2D eigenvalue weighted by atomic mass is 16.2. The number of hydrogen-bond acceptors (Lipinski definition) is 1. The van der Waals surface area contributed by atoms with E-state index in [1.165, 1.54) is 5.56 Å². The number of benzene rings is 1. The average molecular weight is 176 g/mol. The number of aliphatic hydroxyl groups excluding tert-OH is 1. The maximum absolute atomic E-state index is 8.53. The quantitative estimate of drug-likeness (QED) is 0.684. The van der Waals surface area contributed by atoms with Crippen molar-refractivity contribution in [1.82, 2.24) is 0 Å². The summed E-state index contributed by atoms with van der Waals surface area (Å²) in [5.41, 5.74) is 1.37. The normalized spacial score (nSPS) is 10.8. The Labute approximate surface area is 79.7 Å². The third kappa shape index (κ3) is 4.48. The summed E-state index contributed by atoms with van der Waals surface area (Å²) < 4.78 is 0. The second kappa shape index (κ2) is 6.44. The lowest BCUT2D eigenvalue weighted by Crippen LogP contribution is -1.81. The molecular weight excluding hydrogens is 160 g/mol. The second-order valence-corrected chi connectivity index (χ2v) is 3.01. The van der Waals surface area contributed by atoms with Crippen LogP contribution in [0.5, 0.6) is 0 Å².